The molecule has 0 aliphatic carbocycles. The van der Waals surface area contributed by atoms with Crippen molar-refractivity contribution in [3.8, 4) is 28.7 Å². The van der Waals surface area contributed by atoms with Crippen LogP contribution in [0.25, 0.3) is 18.2 Å². The van der Waals surface area contributed by atoms with Gasteiger partial charge in [-0.3, -0.25) is 10.2 Å². The number of hydrogen-bond acceptors (Lipinski definition) is 10. The van der Waals surface area contributed by atoms with Crippen LogP contribution in [0.1, 0.15) is 110 Å². The van der Waals surface area contributed by atoms with Crippen molar-refractivity contribution in [1.82, 2.24) is 0 Å². The normalized spacial score (nSPS) is 16.1. The molecule has 526 valence electrons. The summed E-state index contributed by atoms with van der Waals surface area (Å²) in [5, 5.41) is 6.28. The summed E-state index contributed by atoms with van der Waals surface area (Å²) in [7, 11) is 0. The fourth-order valence-electron chi connectivity index (χ4n) is 11.9. The average Bonchev–Trinajstić information content (AvgIpc) is 0.835. The van der Waals surface area contributed by atoms with Crippen molar-refractivity contribution in [2.45, 2.75) is 116 Å². The highest BCUT2D eigenvalue weighted by Gasteiger charge is 2.31. The molecular formula is C88H95N3O9P2. The maximum atomic E-state index is 13.4. The van der Waals surface area contributed by atoms with E-state index in [0.717, 1.165) is 119 Å². The summed E-state index contributed by atoms with van der Waals surface area (Å²) in [6.07, 6.45) is 17.4. The molecule has 14 heteroatoms. The molecule has 2 N–H and O–H groups in total. The molecule has 10 aromatic rings. The molecular weight excluding hydrogens is 1300 g/mol. The fourth-order valence-corrected chi connectivity index (χ4v) is 11.9. The number of carbonyl (C=O) groups excluding carboxylic acids is 2. The average molecular weight is 1400 g/mol. The van der Waals surface area contributed by atoms with E-state index in [2.05, 4.69) is 189 Å². The first-order chi connectivity index (χ1) is 48.7. The van der Waals surface area contributed by atoms with Crippen molar-refractivity contribution in [2.24, 2.45) is 0 Å². The third-order valence-electron chi connectivity index (χ3n) is 17.6. The van der Waals surface area contributed by atoms with Gasteiger partial charge in [-0.15, -0.1) is 0 Å². The van der Waals surface area contributed by atoms with Gasteiger partial charge in [0.1, 0.15) is 58.8 Å². The van der Waals surface area contributed by atoms with Gasteiger partial charge < -0.3 is 38.5 Å². The van der Waals surface area contributed by atoms with Gasteiger partial charge in [-0.1, -0.05) is 194 Å². The SMILES string of the molecule is CC1(CCc2ccccc2)C=Cc2cc(NCc3ccccc3)ccc2O1.CCOc1ccc(COC(=O)N(Cc2ccccc2)c2ccc3c(c2)C=CC(C)(CCc2ccccc2)O3)cc1.CCOc1ccc(COC(=O)Nc2ccc3c(c2)C=CC(C)(CCc2ccccc2)O3)cc1.P.P. The van der Waals surface area contributed by atoms with Gasteiger partial charge in [0.15, 0.2) is 0 Å². The van der Waals surface area contributed by atoms with Crippen LogP contribution in [0, 0.1) is 0 Å². The number of aryl methyl sites for hydroxylation is 3. The molecule has 0 aromatic heterocycles. The highest BCUT2D eigenvalue weighted by atomic mass is 31.0. The second-order valence-corrected chi connectivity index (χ2v) is 25.7. The van der Waals surface area contributed by atoms with Gasteiger partial charge in [-0.2, -0.15) is 19.8 Å². The molecule has 0 spiro atoms. The molecule has 0 bridgehead atoms. The van der Waals surface area contributed by atoms with Crippen molar-refractivity contribution >= 4 is 67.3 Å². The highest BCUT2D eigenvalue weighted by Crippen LogP contribution is 2.39. The molecule has 5 atom stereocenters. The number of ether oxygens (including phenoxy) is 7. The molecule has 3 heterocycles. The largest absolute Gasteiger partial charge is 0.494 e. The zero-order valence-electron chi connectivity index (χ0n) is 59.2. The number of anilines is 3. The first-order valence-electron chi connectivity index (χ1n) is 34.6. The third kappa shape index (κ3) is 22.6. The zero-order valence-corrected chi connectivity index (χ0v) is 62.1. The van der Waals surface area contributed by atoms with Crippen molar-refractivity contribution in [2.75, 3.05) is 28.7 Å². The van der Waals surface area contributed by atoms with Crippen LogP contribution in [0.2, 0.25) is 0 Å². The maximum Gasteiger partial charge on any atom is 0.414 e. The monoisotopic (exact) mass is 1400 g/mol. The number of amides is 2. The first kappa shape index (κ1) is 75.8. The molecule has 5 unspecified atom stereocenters. The summed E-state index contributed by atoms with van der Waals surface area (Å²) in [4.78, 5) is 27.3. The third-order valence-corrected chi connectivity index (χ3v) is 17.6. The van der Waals surface area contributed by atoms with Crippen LogP contribution in [-0.4, -0.2) is 42.2 Å². The molecule has 10 aromatic carbocycles. The Kier molecular flexibility index (Phi) is 27.8. The van der Waals surface area contributed by atoms with Crippen molar-refractivity contribution in [3.05, 3.63) is 329 Å². The minimum atomic E-state index is -0.503. The van der Waals surface area contributed by atoms with Gasteiger partial charge >= 0.3 is 12.2 Å². The number of nitrogens with zero attached hydrogens (tertiary/aromatic N) is 1. The van der Waals surface area contributed by atoms with Gasteiger partial charge in [0.25, 0.3) is 0 Å². The Morgan fingerprint density at radius 1 is 0.402 bits per heavy atom. The Morgan fingerprint density at radius 2 is 0.775 bits per heavy atom. The predicted molar refractivity (Wildman–Crippen MR) is 426 cm³/mol. The van der Waals surface area contributed by atoms with E-state index in [9.17, 15) is 9.59 Å². The van der Waals surface area contributed by atoms with E-state index in [-0.39, 0.29) is 44.2 Å². The lowest BCUT2D eigenvalue weighted by atomic mass is 9.93. The smallest absolute Gasteiger partial charge is 0.414 e. The molecule has 0 radical (unpaired) electrons. The number of rotatable bonds is 24. The van der Waals surface area contributed by atoms with Crippen LogP contribution >= 0.6 is 19.8 Å². The lowest BCUT2D eigenvalue weighted by molar-refractivity contribution is 0.127. The lowest BCUT2D eigenvalue weighted by Crippen LogP contribution is -2.33. The van der Waals surface area contributed by atoms with Crippen molar-refractivity contribution in [1.29, 1.82) is 0 Å². The lowest BCUT2D eigenvalue weighted by Gasteiger charge is -2.32. The quantitative estimate of drug-likeness (QED) is 0.0565. The zero-order chi connectivity index (χ0) is 69.4. The maximum absolute atomic E-state index is 13.4. The number of fused-ring (bicyclic) bond motifs is 3. The van der Waals surface area contributed by atoms with Gasteiger partial charge in [0.2, 0.25) is 0 Å². The molecule has 0 saturated heterocycles. The van der Waals surface area contributed by atoms with Gasteiger partial charge in [-0.25, -0.2) is 9.59 Å². The van der Waals surface area contributed by atoms with Crippen LogP contribution in [0.3, 0.4) is 0 Å². The second-order valence-electron chi connectivity index (χ2n) is 25.7. The summed E-state index contributed by atoms with van der Waals surface area (Å²) < 4.78 is 41.1. The van der Waals surface area contributed by atoms with Crippen LogP contribution in [-0.2, 0) is 55.0 Å². The Labute approximate surface area is 609 Å². The van der Waals surface area contributed by atoms with Crippen LogP contribution in [0.5, 0.6) is 28.7 Å². The molecule has 3 aliphatic rings. The predicted octanol–water partition coefficient (Wildman–Crippen LogP) is 21.1. The van der Waals surface area contributed by atoms with Crippen LogP contribution < -0.4 is 39.2 Å². The number of nitrogens with one attached hydrogen (secondary N) is 2. The Hall–Kier alpha value is -10.4. The van der Waals surface area contributed by atoms with E-state index < -0.39 is 17.8 Å². The molecule has 13 rings (SSSR count). The molecule has 0 saturated carbocycles. The van der Waals surface area contributed by atoms with E-state index in [4.69, 9.17) is 33.2 Å². The second kappa shape index (κ2) is 37.3. The molecule has 0 fully saturated rings. The van der Waals surface area contributed by atoms with E-state index >= 15 is 0 Å². The standard InChI is InChI=1S/C35H35NO4.C28H29NO4.C25H25NO.2H3P/c1-3-38-32-17-14-29(15-18-32)26-39-34(37)36(25-28-12-8-5-9-13-28)31-16-19-33-30(24-31)21-23-35(2,40-33)22-20-27-10-6-4-7-11-27;1-3-31-25-12-9-22(10-13-25)20-32-27(30)29-24-11-14-26-23(19-24)16-18-28(2,33-26)17-15-21-7-5-4-6-8-21;1-25(16-14-20-8-4-2-5-9-20)17-15-22-18-23(12-13-24(22)27-25)26-19-21-10-6-3-7-11-21;;/h4-19,21,23-24H,3,20,22,25-26H2,1-2H3;4-14,16,18-19H,3,15,17,20H2,1-2H3,(H,29,30);2-13,15,17-18,26H,14,16,19H2,1H3;2*1H3. The van der Waals surface area contributed by atoms with E-state index in [1.54, 1.807) is 4.90 Å². The van der Waals surface area contributed by atoms with Crippen LogP contribution in [0.4, 0.5) is 26.7 Å². The fraction of sp³-hybridized carbons (Fsp3) is 0.227. The van der Waals surface area contributed by atoms with Crippen molar-refractivity contribution in [3.63, 3.8) is 0 Å². The first-order valence-corrected chi connectivity index (χ1v) is 34.6. The summed E-state index contributed by atoms with van der Waals surface area (Å²) in [5.74, 6) is 4.17. The summed E-state index contributed by atoms with van der Waals surface area (Å²) in [6.45, 7) is 13.1. The summed E-state index contributed by atoms with van der Waals surface area (Å²) in [6, 6.07) is 84.7. The molecule has 12 nitrogen and oxygen atoms in total. The number of hydrogen-bond donors (Lipinski definition) is 2. The van der Waals surface area contributed by atoms with E-state index in [0.29, 0.717) is 25.4 Å². The minimum Gasteiger partial charge on any atom is -0.494 e. The van der Waals surface area contributed by atoms with Crippen LogP contribution in [0.15, 0.2) is 273 Å². The van der Waals surface area contributed by atoms with E-state index in [1.807, 2.05) is 147 Å². The van der Waals surface area contributed by atoms with Gasteiger partial charge in [0.05, 0.1) is 19.8 Å². The Balaban J connectivity index is 0.000000179. The van der Waals surface area contributed by atoms with Gasteiger partial charge in [0, 0.05) is 40.3 Å². The number of carbonyl (C=O) groups is 2. The molecule has 3 aliphatic heterocycles. The minimum absolute atomic E-state index is 0. The van der Waals surface area contributed by atoms with Gasteiger partial charge in [-0.05, 0) is 209 Å². The topological polar surface area (TPSA) is 126 Å². The Morgan fingerprint density at radius 3 is 1.21 bits per heavy atom. The number of benzene rings is 10. The van der Waals surface area contributed by atoms with E-state index in [1.165, 1.54) is 22.3 Å². The summed E-state index contributed by atoms with van der Waals surface area (Å²) in [5.41, 5.74) is 12.5. The molecule has 102 heavy (non-hydrogen) atoms. The van der Waals surface area contributed by atoms with Crippen molar-refractivity contribution < 1.29 is 42.7 Å². The molecule has 2 amide bonds. The Bertz CT molecular complexity index is 4360. The highest BCUT2D eigenvalue weighted by molar-refractivity contribution is 6.92. The summed E-state index contributed by atoms with van der Waals surface area (Å²) >= 11 is 0.